The first-order chi connectivity index (χ1) is 9.58. The highest BCUT2D eigenvalue weighted by Gasteiger charge is 2.10. The molecular formula is C15H19N3OS. The molecule has 20 heavy (non-hydrogen) atoms. The van der Waals surface area contributed by atoms with Crippen molar-refractivity contribution in [2.45, 2.75) is 27.2 Å². The number of nitrogens with zero attached hydrogens (tertiary/aromatic N) is 2. The lowest BCUT2D eigenvalue weighted by molar-refractivity contribution is -0.123. The maximum absolute atomic E-state index is 11.5. The van der Waals surface area contributed by atoms with Crippen LogP contribution in [0.25, 0.3) is 10.6 Å². The molecule has 0 saturated heterocycles. The molecule has 5 heteroatoms. The van der Waals surface area contributed by atoms with E-state index >= 15 is 0 Å². The van der Waals surface area contributed by atoms with Crippen molar-refractivity contribution in [2.24, 2.45) is 5.92 Å². The summed E-state index contributed by atoms with van der Waals surface area (Å²) in [5, 5.41) is 3.95. The third kappa shape index (κ3) is 3.63. The van der Waals surface area contributed by atoms with E-state index in [1.807, 2.05) is 32.9 Å². The molecule has 0 saturated carbocycles. The lowest BCUT2D eigenvalue weighted by Gasteiger charge is -2.06. The molecule has 106 valence electrons. The van der Waals surface area contributed by atoms with Gasteiger partial charge in [0, 0.05) is 41.7 Å². The molecule has 1 N–H and O–H groups in total. The molecule has 0 radical (unpaired) electrons. The lowest BCUT2D eigenvalue weighted by Crippen LogP contribution is -2.29. The molecule has 1 amide bonds. The first-order valence-corrected chi connectivity index (χ1v) is 7.54. The second-order valence-corrected chi connectivity index (χ2v) is 6.04. The highest BCUT2D eigenvalue weighted by atomic mass is 32.1. The smallest absolute Gasteiger partial charge is 0.222 e. The van der Waals surface area contributed by atoms with E-state index in [0.717, 1.165) is 22.7 Å². The molecule has 4 nitrogen and oxygen atoms in total. The van der Waals surface area contributed by atoms with E-state index < -0.39 is 0 Å². The van der Waals surface area contributed by atoms with Crippen LogP contribution in [-0.2, 0) is 11.2 Å². The maximum atomic E-state index is 11.5. The zero-order valence-corrected chi connectivity index (χ0v) is 12.8. The van der Waals surface area contributed by atoms with E-state index in [1.54, 1.807) is 23.7 Å². The van der Waals surface area contributed by atoms with Crippen LogP contribution in [0, 0.1) is 12.8 Å². The van der Waals surface area contributed by atoms with Gasteiger partial charge in [-0.3, -0.25) is 9.78 Å². The predicted octanol–water partition coefficient (Wildman–Crippen LogP) is 2.83. The first-order valence-electron chi connectivity index (χ1n) is 6.72. The van der Waals surface area contributed by atoms with Gasteiger partial charge in [-0.25, -0.2) is 4.98 Å². The van der Waals surface area contributed by atoms with Crippen molar-refractivity contribution in [2.75, 3.05) is 6.54 Å². The molecular weight excluding hydrogens is 270 g/mol. The Labute approximate surface area is 123 Å². The van der Waals surface area contributed by atoms with Crippen molar-refractivity contribution in [1.29, 1.82) is 0 Å². The number of rotatable bonds is 5. The van der Waals surface area contributed by atoms with E-state index in [1.165, 1.54) is 4.88 Å². The number of hydrogen-bond acceptors (Lipinski definition) is 4. The molecule has 0 atom stereocenters. The van der Waals surface area contributed by atoms with E-state index in [2.05, 4.69) is 15.3 Å². The fraction of sp³-hybridized carbons (Fsp3) is 0.400. The van der Waals surface area contributed by atoms with Gasteiger partial charge in [0.2, 0.25) is 5.91 Å². The van der Waals surface area contributed by atoms with E-state index in [-0.39, 0.29) is 11.8 Å². The number of thiazole rings is 1. The van der Waals surface area contributed by atoms with Crippen molar-refractivity contribution in [3.63, 3.8) is 0 Å². The third-order valence-electron chi connectivity index (χ3n) is 3.00. The maximum Gasteiger partial charge on any atom is 0.222 e. The van der Waals surface area contributed by atoms with Gasteiger partial charge in [-0.1, -0.05) is 13.8 Å². The number of aryl methyl sites for hydroxylation is 1. The molecule has 0 unspecified atom stereocenters. The number of carbonyl (C=O) groups is 1. The van der Waals surface area contributed by atoms with Crippen LogP contribution < -0.4 is 5.32 Å². The quantitative estimate of drug-likeness (QED) is 0.921. The standard InChI is InChI=1S/C15H19N3OS/c1-10(2)14(19)17-9-6-13-11(3)18-15(20-13)12-4-7-16-8-5-12/h4-5,7-8,10H,6,9H2,1-3H3,(H,17,19). The minimum absolute atomic E-state index is 0.0323. The molecule has 0 aliphatic heterocycles. The van der Waals surface area contributed by atoms with Gasteiger partial charge in [0.25, 0.3) is 0 Å². The summed E-state index contributed by atoms with van der Waals surface area (Å²) in [7, 11) is 0. The minimum atomic E-state index is 0.0323. The van der Waals surface area contributed by atoms with Crippen LogP contribution >= 0.6 is 11.3 Å². The lowest BCUT2D eigenvalue weighted by atomic mass is 10.2. The summed E-state index contributed by atoms with van der Waals surface area (Å²) < 4.78 is 0. The van der Waals surface area contributed by atoms with Crippen molar-refractivity contribution in [3.8, 4) is 10.6 Å². The summed E-state index contributed by atoms with van der Waals surface area (Å²) in [6.07, 6.45) is 4.37. The Morgan fingerprint density at radius 2 is 2.05 bits per heavy atom. The largest absolute Gasteiger partial charge is 0.356 e. The molecule has 0 fully saturated rings. The van der Waals surface area contributed by atoms with E-state index in [9.17, 15) is 4.79 Å². The Kier molecular flexibility index (Phi) is 4.84. The number of aromatic nitrogens is 2. The fourth-order valence-corrected chi connectivity index (χ4v) is 2.85. The SMILES string of the molecule is Cc1nc(-c2ccncc2)sc1CCNC(=O)C(C)C. The summed E-state index contributed by atoms with van der Waals surface area (Å²) in [4.78, 5) is 21.3. The summed E-state index contributed by atoms with van der Waals surface area (Å²) in [5.41, 5.74) is 2.13. The fourth-order valence-electron chi connectivity index (χ4n) is 1.78. The van der Waals surface area contributed by atoms with Crippen LogP contribution in [0.2, 0.25) is 0 Å². The molecule has 0 spiro atoms. The second kappa shape index (κ2) is 6.61. The second-order valence-electron chi connectivity index (χ2n) is 4.96. The number of hydrogen-bond donors (Lipinski definition) is 1. The average Bonchev–Trinajstić information content (AvgIpc) is 2.81. The topological polar surface area (TPSA) is 54.9 Å². The van der Waals surface area contributed by atoms with Gasteiger partial charge in [0.15, 0.2) is 0 Å². The van der Waals surface area contributed by atoms with Crippen LogP contribution in [0.1, 0.15) is 24.4 Å². The number of nitrogens with one attached hydrogen (secondary N) is 1. The van der Waals surface area contributed by atoms with Gasteiger partial charge in [-0.15, -0.1) is 11.3 Å². The summed E-state index contributed by atoms with van der Waals surface area (Å²) in [5.74, 6) is 0.131. The van der Waals surface area contributed by atoms with Crippen LogP contribution in [0.5, 0.6) is 0 Å². The monoisotopic (exact) mass is 289 g/mol. The average molecular weight is 289 g/mol. The van der Waals surface area contributed by atoms with Crippen LogP contribution in [0.15, 0.2) is 24.5 Å². The summed E-state index contributed by atoms with van der Waals surface area (Å²) >= 11 is 1.68. The van der Waals surface area contributed by atoms with Gasteiger partial charge in [-0.2, -0.15) is 0 Å². The Balaban J connectivity index is 2.00. The molecule has 2 aromatic heterocycles. The van der Waals surface area contributed by atoms with E-state index in [4.69, 9.17) is 0 Å². The van der Waals surface area contributed by atoms with Crippen molar-refractivity contribution < 1.29 is 4.79 Å². The first kappa shape index (κ1) is 14.7. The van der Waals surface area contributed by atoms with E-state index in [0.29, 0.717) is 6.54 Å². The molecule has 2 rings (SSSR count). The van der Waals surface area contributed by atoms with Crippen LogP contribution in [-0.4, -0.2) is 22.4 Å². The number of carbonyl (C=O) groups excluding carboxylic acids is 1. The third-order valence-corrected chi connectivity index (χ3v) is 4.26. The Morgan fingerprint density at radius 1 is 1.35 bits per heavy atom. The van der Waals surface area contributed by atoms with Crippen molar-refractivity contribution in [3.05, 3.63) is 35.1 Å². The van der Waals surface area contributed by atoms with Gasteiger partial charge in [0.05, 0.1) is 5.69 Å². The van der Waals surface area contributed by atoms with Crippen LogP contribution in [0.4, 0.5) is 0 Å². The zero-order chi connectivity index (χ0) is 14.5. The summed E-state index contributed by atoms with van der Waals surface area (Å²) in [6.45, 7) is 6.47. The normalized spacial score (nSPS) is 10.8. The Bertz CT molecular complexity index is 578. The Morgan fingerprint density at radius 3 is 2.70 bits per heavy atom. The Hall–Kier alpha value is -1.75. The molecule has 0 aliphatic carbocycles. The molecule has 0 aliphatic rings. The van der Waals surface area contributed by atoms with Gasteiger partial charge in [-0.05, 0) is 19.1 Å². The number of pyridine rings is 1. The molecule has 2 aromatic rings. The minimum Gasteiger partial charge on any atom is -0.356 e. The number of amides is 1. The predicted molar refractivity (Wildman–Crippen MR) is 81.6 cm³/mol. The van der Waals surface area contributed by atoms with Gasteiger partial charge in [0.1, 0.15) is 5.01 Å². The highest BCUT2D eigenvalue weighted by Crippen LogP contribution is 2.27. The highest BCUT2D eigenvalue weighted by molar-refractivity contribution is 7.15. The molecule has 2 heterocycles. The van der Waals surface area contributed by atoms with Gasteiger partial charge >= 0.3 is 0 Å². The molecule has 0 bridgehead atoms. The molecule has 0 aromatic carbocycles. The zero-order valence-electron chi connectivity index (χ0n) is 12.0. The van der Waals surface area contributed by atoms with Gasteiger partial charge < -0.3 is 5.32 Å². The summed E-state index contributed by atoms with van der Waals surface area (Å²) in [6, 6.07) is 3.92. The van der Waals surface area contributed by atoms with Crippen LogP contribution in [0.3, 0.4) is 0 Å². The van der Waals surface area contributed by atoms with Crippen molar-refractivity contribution >= 4 is 17.2 Å². The van der Waals surface area contributed by atoms with Crippen molar-refractivity contribution in [1.82, 2.24) is 15.3 Å².